The maximum absolute atomic E-state index is 6.27. The molecule has 2 rings (SSSR count). The standard InChI is InChI=1S/C15H21N3O/c1-11(2)15-17-7-8-18(15)10-14(16)12-5-4-6-13(9-12)19-3/h4-9,11,14H,10,16H2,1-3H3. The van der Waals surface area contributed by atoms with E-state index in [-0.39, 0.29) is 6.04 Å². The monoisotopic (exact) mass is 259 g/mol. The lowest BCUT2D eigenvalue weighted by molar-refractivity contribution is 0.413. The molecule has 1 aromatic carbocycles. The second-order valence-electron chi connectivity index (χ2n) is 4.98. The van der Waals surface area contributed by atoms with Gasteiger partial charge in [0.2, 0.25) is 0 Å². The molecule has 1 unspecified atom stereocenters. The molecule has 0 bridgehead atoms. The highest BCUT2D eigenvalue weighted by Crippen LogP contribution is 2.20. The van der Waals surface area contributed by atoms with Crippen LogP contribution < -0.4 is 10.5 Å². The van der Waals surface area contributed by atoms with Crippen molar-refractivity contribution in [2.45, 2.75) is 32.4 Å². The summed E-state index contributed by atoms with van der Waals surface area (Å²) >= 11 is 0. The van der Waals surface area contributed by atoms with Crippen molar-refractivity contribution in [2.75, 3.05) is 7.11 Å². The molecule has 0 fully saturated rings. The SMILES string of the molecule is COc1cccc(C(N)Cn2ccnc2C(C)C)c1. The summed E-state index contributed by atoms with van der Waals surface area (Å²) < 4.78 is 7.35. The molecule has 0 aliphatic rings. The first-order chi connectivity index (χ1) is 9.11. The Morgan fingerprint density at radius 2 is 2.16 bits per heavy atom. The zero-order chi connectivity index (χ0) is 13.8. The van der Waals surface area contributed by atoms with E-state index in [9.17, 15) is 0 Å². The lowest BCUT2D eigenvalue weighted by Crippen LogP contribution is -2.19. The van der Waals surface area contributed by atoms with Crippen LogP contribution in [-0.2, 0) is 6.54 Å². The van der Waals surface area contributed by atoms with Crippen molar-refractivity contribution in [3.05, 3.63) is 48.0 Å². The third kappa shape index (κ3) is 3.15. The topological polar surface area (TPSA) is 53.1 Å². The minimum absolute atomic E-state index is 0.0678. The zero-order valence-electron chi connectivity index (χ0n) is 11.7. The van der Waals surface area contributed by atoms with E-state index in [1.165, 1.54) is 0 Å². The molecule has 2 N–H and O–H groups in total. The predicted molar refractivity (Wildman–Crippen MR) is 76.2 cm³/mol. The highest BCUT2D eigenvalue weighted by molar-refractivity contribution is 5.30. The summed E-state index contributed by atoms with van der Waals surface area (Å²) in [5.41, 5.74) is 7.35. The van der Waals surface area contributed by atoms with Crippen molar-refractivity contribution in [3.63, 3.8) is 0 Å². The zero-order valence-corrected chi connectivity index (χ0v) is 11.7. The van der Waals surface area contributed by atoms with Gasteiger partial charge in [-0.1, -0.05) is 26.0 Å². The molecule has 0 amide bonds. The van der Waals surface area contributed by atoms with Gasteiger partial charge in [0.1, 0.15) is 11.6 Å². The van der Waals surface area contributed by atoms with Crippen LogP contribution in [0.4, 0.5) is 0 Å². The highest BCUT2D eigenvalue weighted by Gasteiger charge is 2.12. The number of hydrogen-bond acceptors (Lipinski definition) is 3. The lowest BCUT2D eigenvalue weighted by Gasteiger charge is -2.16. The Labute approximate surface area is 114 Å². The van der Waals surface area contributed by atoms with Gasteiger partial charge in [-0.2, -0.15) is 0 Å². The maximum Gasteiger partial charge on any atom is 0.119 e. The van der Waals surface area contributed by atoms with Crippen molar-refractivity contribution in [2.24, 2.45) is 5.73 Å². The van der Waals surface area contributed by atoms with Gasteiger partial charge in [0.25, 0.3) is 0 Å². The van der Waals surface area contributed by atoms with Gasteiger partial charge in [-0.05, 0) is 17.7 Å². The molecule has 0 radical (unpaired) electrons. The Morgan fingerprint density at radius 1 is 1.37 bits per heavy atom. The van der Waals surface area contributed by atoms with E-state index in [0.717, 1.165) is 23.7 Å². The Kier molecular flexibility index (Phi) is 4.22. The maximum atomic E-state index is 6.27. The van der Waals surface area contributed by atoms with Gasteiger partial charge in [0.15, 0.2) is 0 Å². The van der Waals surface area contributed by atoms with Crippen LogP contribution in [0.5, 0.6) is 5.75 Å². The van der Waals surface area contributed by atoms with Gasteiger partial charge < -0.3 is 15.0 Å². The number of rotatable bonds is 5. The second kappa shape index (κ2) is 5.89. The molecule has 2 aromatic rings. The molecule has 1 atom stereocenters. The van der Waals surface area contributed by atoms with Gasteiger partial charge in [-0.25, -0.2) is 4.98 Å². The van der Waals surface area contributed by atoms with Crippen LogP contribution in [-0.4, -0.2) is 16.7 Å². The minimum atomic E-state index is -0.0678. The number of imidazole rings is 1. The average Bonchev–Trinajstić information content (AvgIpc) is 2.87. The van der Waals surface area contributed by atoms with E-state index >= 15 is 0 Å². The van der Waals surface area contributed by atoms with E-state index in [0.29, 0.717) is 5.92 Å². The third-order valence-electron chi connectivity index (χ3n) is 3.18. The Morgan fingerprint density at radius 3 is 2.84 bits per heavy atom. The van der Waals surface area contributed by atoms with Gasteiger partial charge >= 0.3 is 0 Å². The first-order valence-corrected chi connectivity index (χ1v) is 6.52. The van der Waals surface area contributed by atoms with E-state index in [1.54, 1.807) is 7.11 Å². The van der Waals surface area contributed by atoms with Gasteiger partial charge in [-0.15, -0.1) is 0 Å². The normalized spacial score (nSPS) is 12.7. The Balaban J connectivity index is 2.16. The first-order valence-electron chi connectivity index (χ1n) is 6.52. The molecule has 4 heteroatoms. The van der Waals surface area contributed by atoms with Crippen LogP contribution in [0.25, 0.3) is 0 Å². The quantitative estimate of drug-likeness (QED) is 0.898. The predicted octanol–water partition coefficient (Wildman–Crippen LogP) is 2.72. The van der Waals surface area contributed by atoms with Crippen LogP contribution in [0.2, 0.25) is 0 Å². The number of benzene rings is 1. The summed E-state index contributed by atoms with van der Waals surface area (Å²) in [7, 11) is 1.66. The molecule has 1 heterocycles. The van der Waals surface area contributed by atoms with E-state index in [4.69, 9.17) is 10.5 Å². The average molecular weight is 259 g/mol. The smallest absolute Gasteiger partial charge is 0.119 e. The molecule has 0 aliphatic heterocycles. The van der Waals surface area contributed by atoms with E-state index in [1.807, 2.05) is 36.7 Å². The molecule has 0 aliphatic carbocycles. The number of ether oxygens (including phenoxy) is 1. The summed E-state index contributed by atoms with van der Waals surface area (Å²) in [5, 5.41) is 0. The highest BCUT2D eigenvalue weighted by atomic mass is 16.5. The van der Waals surface area contributed by atoms with Crippen LogP contribution in [0.1, 0.15) is 37.2 Å². The van der Waals surface area contributed by atoms with E-state index < -0.39 is 0 Å². The number of hydrogen-bond donors (Lipinski definition) is 1. The van der Waals surface area contributed by atoms with Crippen molar-refractivity contribution < 1.29 is 4.74 Å². The summed E-state index contributed by atoms with van der Waals surface area (Å²) in [6.07, 6.45) is 3.81. The first kappa shape index (κ1) is 13.6. The van der Waals surface area contributed by atoms with Gasteiger partial charge in [0.05, 0.1) is 7.11 Å². The summed E-state index contributed by atoms with van der Waals surface area (Å²) in [4.78, 5) is 4.38. The second-order valence-corrected chi connectivity index (χ2v) is 4.98. The number of aromatic nitrogens is 2. The van der Waals surface area contributed by atoms with Crippen LogP contribution in [0.3, 0.4) is 0 Å². The molecular weight excluding hydrogens is 238 g/mol. The minimum Gasteiger partial charge on any atom is -0.497 e. The molecule has 102 valence electrons. The summed E-state index contributed by atoms with van der Waals surface area (Å²) in [6.45, 7) is 4.99. The largest absolute Gasteiger partial charge is 0.497 e. The van der Waals surface area contributed by atoms with Crippen LogP contribution in [0.15, 0.2) is 36.7 Å². The molecule has 0 spiro atoms. The number of nitrogens with two attached hydrogens (primary N) is 1. The fourth-order valence-corrected chi connectivity index (χ4v) is 2.17. The summed E-state index contributed by atoms with van der Waals surface area (Å²) in [6, 6.07) is 7.83. The molecule has 1 aromatic heterocycles. The van der Waals surface area contributed by atoms with E-state index in [2.05, 4.69) is 23.4 Å². The molecular formula is C15H21N3O. The summed E-state index contributed by atoms with van der Waals surface area (Å²) in [5.74, 6) is 2.30. The molecule has 0 saturated carbocycles. The van der Waals surface area contributed by atoms with Gasteiger partial charge in [0, 0.05) is 30.9 Å². The molecule has 4 nitrogen and oxygen atoms in total. The fourth-order valence-electron chi connectivity index (χ4n) is 2.17. The number of nitrogens with zero attached hydrogens (tertiary/aromatic N) is 2. The Hall–Kier alpha value is -1.81. The molecule has 0 saturated heterocycles. The Bertz CT molecular complexity index is 534. The van der Waals surface area contributed by atoms with Crippen molar-refractivity contribution in [3.8, 4) is 5.75 Å². The third-order valence-corrected chi connectivity index (χ3v) is 3.18. The van der Waals surface area contributed by atoms with Gasteiger partial charge in [-0.3, -0.25) is 0 Å². The lowest BCUT2D eigenvalue weighted by atomic mass is 10.1. The molecule has 19 heavy (non-hydrogen) atoms. The fraction of sp³-hybridized carbons (Fsp3) is 0.400. The van der Waals surface area contributed by atoms with Crippen molar-refractivity contribution >= 4 is 0 Å². The van der Waals surface area contributed by atoms with Crippen molar-refractivity contribution in [1.29, 1.82) is 0 Å². The van der Waals surface area contributed by atoms with Crippen molar-refractivity contribution in [1.82, 2.24) is 9.55 Å². The number of methoxy groups -OCH3 is 1. The van der Waals surface area contributed by atoms with Crippen LogP contribution in [0, 0.1) is 0 Å². The van der Waals surface area contributed by atoms with Crippen LogP contribution >= 0.6 is 0 Å².